The Morgan fingerprint density at radius 2 is 1.83 bits per heavy atom. The number of nitrogens with zero attached hydrogens (tertiary/aromatic N) is 1. The van der Waals surface area contributed by atoms with Gasteiger partial charge in [-0.15, -0.1) is 11.3 Å². The first-order valence-electron chi connectivity index (χ1n) is 12.7. The van der Waals surface area contributed by atoms with Gasteiger partial charge < -0.3 is 15.4 Å². The second kappa shape index (κ2) is 9.57. The molecule has 0 radical (unpaired) electrons. The number of alkyl halides is 3. The SMILES string of the molecule is C[C@@H](NC(=O)C1CCN(CC(=O)NC23CC4CC(CC(C4)C2)C3)C1)c1ccc(OCC(F)(F)F)s1. The van der Waals surface area contributed by atoms with Crippen LogP contribution in [0.25, 0.3) is 0 Å². The summed E-state index contributed by atoms with van der Waals surface area (Å²) >= 11 is 1.10. The molecule has 194 valence electrons. The average Bonchev–Trinajstić information content (AvgIpc) is 3.40. The minimum absolute atomic E-state index is 0.00113. The molecule has 1 unspecified atom stereocenters. The van der Waals surface area contributed by atoms with Crippen molar-refractivity contribution in [2.24, 2.45) is 23.7 Å². The fourth-order valence-corrected chi connectivity index (χ4v) is 8.05. The molecule has 35 heavy (non-hydrogen) atoms. The van der Waals surface area contributed by atoms with Gasteiger partial charge in [0.2, 0.25) is 11.8 Å². The highest BCUT2D eigenvalue weighted by atomic mass is 32.1. The second-order valence-corrected chi connectivity index (χ2v) is 12.3. The maximum atomic E-state index is 12.9. The third-order valence-corrected chi connectivity index (χ3v) is 9.40. The number of carbonyl (C=O) groups excluding carboxylic acids is 2. The van der Waals surface area contributed by atoms with Gasteiger partial charge >= 0.3 is 6.18 Å². The van der Waals surface area contributed by atoms with Gasteiger partial charge in [-0.1, -0.05) is 0 Å². The maximum absolute atomic E-state index is 12.9. The number of carbonyl (C=O) groups is 2. The maximum Gasteiger partial charge on any atom is 0.422 e. The van der Waals surface area contributed by atoms with Crippen LogP contribution in [0.4, 0.5) is 13.2 Å². The highest BCUT2D eigenvalue weighted by molar-refractivity contribution is 7.13. The summed E-state index contributed by atoms with van der Waals surface area (Å²) in [5.74, 6) is 2.11. The number of likely N-dealkylation sites (tertiary alicyclic amines) is 1. The van der Waals surface area contributed by atoms with Gasteiger partial charge in [0.25, 0.3) is 0 Å². The predicted molar refractivity (Wildman–Crippen MR) is 126 cm³/mol. The van der Waals surface area contributed by atoms with Crippen LogP contribution >= 0.6 is 11.3 Å². The van der Waals surface area contributed by atoms with Crippen LogP contribution in [0.2, 0.25) is 0 Å². The van der Waals surface area contributed by atoms with E-state index in [0.29, 0.717) is 26.1 Å². The highest BCUT2D eigenvalue weighted by Crippen LogP contribution is 2.55. The zero-order chi connectivity index (χ0) is 24.8. The van der Waals surface area contributed by atoms with Gasteiger partial charge in [0.1, 0.15) is 0 Å². The van der Waals surface area contributed by atoms with Gasteiger partial charge in [-0.2, -0.15) is 13.2 Å². The summed E-state index contributed by atoms with van der Waals surface area (Å²) in [4.78, 5) is 28.5. The molecule has 1 aromatic heterocycles. The molecule has 4 bridgehead atoms. The molecule has 1 aliphatic heterocycles. The Kier molecular flexibility index (Phi) is 6.80. The molecule has 6 nitrogen and oxygen atoms in total. The molecule has 2 N–H and O–H groups in total. The Morgan fingerprint density at radius 1 is 1.17 bits per heavy atom. The van der Waals surface area contributed by atoms with Crippen molar-refractivity contribution in [3.05, 3.63) is 17.0 Å². The van der Waals surface area contributed by atoms with E-state index < -0.39 is 12.8 Å². The molecule has 6 rings (SSSR count). The van der Waals surface area contributed by atoms with E-state index in [1.54, 1.807) is 6.07 Å². The zero-order valence-corrected chi connectivity index (χ0v) is 20.9. The molecule has 1 aromatic rings. The number of rotatable bonds is 8. The van der Waals surface area contributed by atoms with Crippen molar-refractivity contribution in [3.63, 3.8) is 0 Å². The largest absolute Gasteiger partial charge is 0.475 e. The summed E-state index contributed by atoms with van der Waals surface area (Å²) in [6.45, 7) is 2.04. The number of ether oxygens (including phenoxy) is 1. The second-order valence-electron chi connectivity index (χ2n) is 11.3. The fraction of sp³-hybridized carbons (Fsp3) is 0.760. The van der Waals surface area contributed by atoms with E-state index in [9.17, 15) is 22.8 Å². The van der Waals surface area contributed by atoms with Gasteiger partial charge in [-0.05, 0) is 88.3 Å². The Balaban J connectivity index is 1.07. The van der Waals surface area contributed by atoms with Gasteiger partial charge in [-0.3, -0.25) is 14.5 Å². The Hall–Kier alpha value is -1.81. The normalized spacial score (nSPS) is 33.0. The average molecular weight is 514 g/mol. The van der Waals surface area contributed by atoms with Crippen molar-refractivity contribution in [2.45, 2.75) is 69.6 Å². The van der Waals surface area contributed by atoms with Crippen molar-refractivity contribution in [1.82, 2.24) is 15.5 Å². The lowest BCUT2D eigenvalue weighted by molar-refractivity contribution is -0.152. The number of hydrogen-bond donors (Lipinski definition) is 2. The van der Waals surface area contributed by atoms with Crippen LogP contribution in [0.5, 0.6) is 5.06 Å². The Bertz CT molecular complexity index is 915. The lowest BCUT2D eigenvalue weighted by Crippen LogP contribution is -2.60. The molecule has 2 atom stereocenters. The summed E-state index contributed by atoms with van der Waals surface area (Å²) in [6, 6.07) is 2.84. The molecular formula is C25H34F3N3O3S. The van der Waals surface area contributed by atoms with Crippen LogP contribution < -0.4 is 15.4 Å². The third kappa shape index (κ3) is 5.96. The summed E-state index contributed by atoms with van der Waals surface area (Å²) in [7, 11) is 0. The molecule has 5 aliphatic rings. The van der Waals surface area contributed by atoms with E-state index in [2.05, 4.69) is 15.5 Å². The molecule has 1 saturated heterocycles. The molecular weight excluding hydrogens is 479 g/mol. The van der Waals surface area contributed by atoms with Gasteiger partial charge in [0.15, 0.2) is 11.7 Å². The first kappa shape index (κ1) is 24.9. The van der Waals surface area contributed by atoms with Crippen LogP contribution in [0.3, 0.4) is 0 Å². The highest BCUT2D eigenvalue weighted by Gasteiger charge is 2.51. The number of amides is 2. The van der Waals surface area contributed by atoms with E-state index in [-0.39, 0.29) is 34.4 Å². The molecule has 10 heteroatoms. The minimum Gasteiger partial charge on any atom is -0.475 e. The number of hydrogen-bond acceptors (Lipinski definition) is 5. The number of halogens is 3. The molecule has 5 fully saturated rings. The molecule has 2 heterocycles. The van der Waals surface area contributed by atoms with Crippen LogP contribution in [-0.2, 0) is 9.59 Å². The number of nitrogens with one attached hydrogen (secondary N) is 2. The number of thiophene rings is 1. The summed E-state index contributed by atoms with van der Waals surface area (Å²) < 4.78 is 41.8. The summed E-state index contributed by atoms with van der Waals surface area (Å²) in [5.41, 5.74) is 0.00113. The van der Waals surface area contributed by atoms with Crippen molar-refractivity contribution >= 4 is 23.2 Å². The molecule has 0 aromatic carbocycles. The monoisotopic (exact) mass is 513 g/mol. The molecule has 4 saturated carbocycles. The summed E-state index contributed by atoms with van der Waals surface area (Å²) in [5, 5.41) is 6.55. The van der Waals surface area contributed by atoms with Crippen LogP contribution in [-0.4, -0.2) is 54.7 Å². The topological polar surface area (TPSA) is 70.7 Å². The minimum atomic E-state index is -4.38. The molecule has 0 spiro atoms. The van der Waals surface area contributed by atoms with Crippen molar-refractivity contribution < 1.29 is 27.5 Å². The summed E-state index contributed by atoms with van der Waals surface area (Å²) in [6.07, 6.45) is 3.69. The van der Waals surface area contributed by atoms with Gasteiger partial charge in [-0.25, -0.2) is 0 Å². The van der Waals surface area contributed by atoms with E-state index in [1.165, 1.54) is 25.3 Å². The standard InChI is InChI=1S/C25H34F3N3O3S/c1-15(20-2-3-22(35-20)34-14-25(26,27)28)29-23(33)19-4-5-31(12-19)13-21(32)30-24-9-16-6-17(10-24)8-18(7-16)11-24/h2-3,15-19H,4-14H2,1H3,(H,29,33)(H,30,32)/t15-,16?,17?,18?,19?,24?/m1/s1. The fourth-order valence-electron chi connectivity index (χ4n) is 7.19. The van der Waals surface area contributed by atoms with Crippen LogP contribution in [0.1, 0.15) is 62.8 Å². The van der Waals surface area contributed by atoms with E-state index in [1.807, 2.05) is 6.92 Å². The first-order valence-corrected chi connectivity index (χ1v) is 13.5. The van der Waals surface area contributed by atoms with Gasteiger partial charge in [0, 0.05) is 17.0 Å². The predicted octanol–water partition coefficient (Wildman–Crippen LogP) is 4.27. The van der Waals surface area contributed by atoms with E-state index in [0.717, 1.165) is 53.2 Å². The van der Waals surface area contributed by atoms with Crippen molar-refractivity contribution in [3.8, 4) is 5.06 Å². The quantitative estimate of drug-likeness (QED) is 0.545. The third-order valence-electron chi connectivity index (χ3n) is 8.22. The lowest BCUT2D eigenvalue weighted by atomic mass is 9.53. The van der Waals surface area contributed by atoms with Crippen LogP contribution in [0, 0.1) is 23.7 Å². The lowest BCUT2D eigenvalue weighted by Gasteiger charge is -2.57. The Labute approximate surface area is 208 Å². The Morgan fingerprint density at radius 3 is 2.46 bits per heavy atom. The van der Waals surface area contributed by atoms with Gasteiger partial charge in [0.05, 0.1) is 18.5 Å². The van der Waals surface area contributed by atoms with Crippen LogP contribution in [0.15, 0.2) is 12.1 Å². The first-order chi connectivity index (χ1) is 16.6. The van der Waals surface area contributed by atoms with E-state index in [4.69, 9.17) is 4.74 Å². The molecule has 2 amide bonds. The molecule has 4 aliphatic carbocycles. The smallest absolute Gasteiger partial charge is 0.422 e. The van der Waals surface area contributed by atoms with Crippen molar-refractivity contribution in [2.75, 3.05) is 26.2 Å². The van der Waals surface area contributed by atoms with E-state index >= 15 is 0 Å². The zero-order valence-electron chi connectivity index (χ0n) is 20.0. The van der Waals surface area contributed by atoms with Crippen molar-refractivity contribution in [1.29, 1.82) is 0 Å².